The van der Waals surface area contributed by atoms with E-state index in [9.17, 15) is 19.2 Å². The molecule has 0 bridgehead atoms. The average Bonchev–Trinajstić information content (AvgIpc) is 3.19. The lowest BCUT2D eigenvalue weighted by atomic mass is 10.3. The molecule has 1 atom stereocenters. The standard InChI is InChI=1S/C22H40N6O5/c1-26-12-14-27(15-13-26)16-18-4-3-11-28(18)17-21(31)25-10-7-20(30)24-9-6-19(29)23-8-2-5-22(32)33/h18H,2-17H2,1H3,(H,23,29)(H,24,30)(H,25,31)(H,32,33)/i2+1,5+1,6+1,7+1,8+1,9+1,10+1,16+1,19+1,20+1,22+1,23+1,24+1,25+1. The number of carbonyl (C=O) groups excluding carboxylic acids is 3. The van der Waals surface area contributed by atoms with Crippen molar-refractivity contribution < 1.29 is 24.3 Å². The molecule has 11 nitrogen and oxygen atoms in total. The Kier molecular flexibility index (Phi) is 12.1. The molecule has 0 spiro atoms. The SMILES string of the molecule is CN1CCN([13CH2]C2CCCN2CC(=O)[15NH][13CH2][13CH2][13C](=O)[15NH][13CH2][13CH2][13C](=O)[15NH][13CH2][13CH2][13CH2][13C](=O)O)CC1. The normalized spacial score (nSPS) is 19.8. The van der Waals surface area contributed by atoms with Crippen LogP contribution in [-0.2, 0) is 19.2 Å². The van der Waals surface area contributed by atoms with E-state index in [1.807, 2.05) is 0 Å². The third-order valence-corrected chi connectivity index (χ3v) is 6.15. The van der Waals surface area contributed by atoms with Crippen LogP contribution < -0.4 is 16.0 Å². The molecule has 0 aliphatic carbocycles. The van der Waals surface area contributed by atoms with Gasteiger partial charge in [0, 0.05) is 77.7 Å². The summed E-state index contributed by atoms with van der Waals surface area (Å²) in [6, 6.07) is 0.415. The van der Waals surface area contributed by atoms with Crippen molar-refractivity contribution >= 4 is 23.7 Å². The maximum atomic E-state index is 12.3. The molecular formula is C22H40N6O5. The second kappa shape index (κ2) is 14.8. The molecule has 1 unspecified atom stereocenters. The second-order valence-corrected chi connectivity index (χ2v) is 8.92. The number of carboxylic acids is 1. The Balaban J connectivity index is 1.52. The number of piperazine rings is 1. The number of hydrogen-bond acceptors (Lipinski definition) is 7. The van der Waals surface area contributed by atoms with Crippen molar-refractivity contribution in [3.8, 4) is 0 Å². The van der Waals surface area contributed by atoms with Crippen LogP contribution >= 0.6 is 0 Å². The summed E-state index contributed by atoms with van der Waals surface area (Å²) >= 11 is 0. The summed E-state index contributed by atoms with van der Waals surface area (Å²) in [7, 11) is 2.15. The van der Waals surface area contributed by atoms with E-state index in [0.29, 0.717) is 25.6 Å². The smallest absolute Gasteiger partial charge is 0.303 e. The van der Waals surface area contributed by atoms with E-state index in [2.05, 4.69) is 37.7 Å². The lowest BCUT2D eigenvalue weighted by molar-refractivity contribution is -0.137. The van der Waals surface area contributed by atoms with Crippen LogP contribution in [0.1, 0.15) is 38.5 Å². The summed E-state index contributed by atoms with van der Waals surface area (Å²) in [6.07, 6.45) is 2.92. The fraction of sp³-hybridized carbons (Fsp3) is 0.818. The molecule has 3 amide bonds. The molecule has 0 aromatic rings. The van der Waals surface area contributed by atoms with Crippen LogP contribution in [-0.4, -0.2) is 122 Å². The number of likely N-dealkylation sites (tertiary alicyclic amines) is 1. The van der Waals surface area contributed by atoms with E-state index in [0.717, 1.165) is 52.1 Å². The molecule has 11 heteroatoms. The molecule has 33 heavy (non-hydrogen) atoms. The van der Waals surface area contributed by atoms with Crippen LogP contribution in [0.3, 0.4) is 0 Å². The van der Waals surface area contributed by atoms with Crippen LogP contribution in [0.4, 0.5) is 0 Å². The Morgan fingerprint density at radius 3 is 2.06 bits per heavy atom. The van der Waals surface area contributed by atoms with Gasteiger partial charge in [0.25, 0.3) is 0 Å². The third kappa shape index (κ3) is 11.4. The molecule has 2 fully saturated rings. The molecule has 0 radical (unpaired) electrons. The predicted octanol–water partition coefficient (Wildman–Crippen LogP) is -1.31. The first-order valence-electron chi connectivity index (χ1n) is 12.0. The number of amides is 3. The van der Waals surface area contributed by atoms with Gasteiger partial charge in [-0.1, -0.05) is 0 Å². The predicted molar refractivity (Wildman–Crippen MR) is 124 cm³/mol. The number of rotatable bonds is 14. The van der Waals surface area contributed by atoms with E-state index in [-0.39, 0.29) is 50.1 Å². The Morgan fingerprint density at radius 2 is 1.42 bits per heavy atom. The second-order valence-electron chi connectivity index (χ2n) is 8.92. The summed E-state index contributed by atoms with van der Waals surface area (Å²) in [5, 5.41) is 16.6. The van der Waals surface area contributed by atoms with Gasteiger partial charge >= 0.3 is 5.97 Å². The Morgan fingerprint density at radius 1 is 0.818 bits per heavy atom. The monoisotopic (exact) mass is 482 g/mol. The minimum absolute atomic E-state index is 0.0113. The molecule has 4 N–H and O–H groups in total. The largest absolute Gasteiger partial charge is 0.481 e. The zero-order valence-electron chi connectivity index (χ0n) is 19.8. The van der Waals surface area contributed by atoms with Gasteiger partial charge in [-0.05, 0) is 32.9 Å². The lowest BCUT2D eigenvalue weighted by Gasteiger charge is -2.36. The van der Waals surface area contributed by atoms with Crippen LogP contribution in [0.15, 0.2) is 0 Å². The van der Waals surface area contributed by atoms with Crippen molar-refractivity contribution in [2.45, 2.75) is 44.6 Å². The first kappa shape index (κ1) is 27.0. The van der Waals surface area contributed by atoms with Gasteiger partial charge in [0.05, 0.1) is 6.54 Å². The summed E-state index contributed by atoms with van der Waals surface area (Å²) in [5.74, 6) is -1.41. The van der Waals surface area contributed by atoms with E-state index in [1.54, 1.807) is 0 Å². The van der Waals surface area contributed by atoms with Crippen molar-refractivity contribution in [2.24, 2.45) is 0 Å². The van der Waals surface area contributed by atoms with Crippen molar-refractivity contribution in [3.63, 3.8) is 0 Å². The molecule has 2 heterocycles. The number of nitrogens with one attached hydrogen (secondary N) is 3. The summed E-state index contributed by atoms with van der Waals surface area (Å²) < 4.78 is 0. The van der Waals surface area contributed by atoms with E-state index >= 15 is 0 Å². The maximum Gasteiger partial charge on any atom is 0.303 e. The van der Waals surface area contributed by atoms with Crippen molar-refractivity contribution in [2.75, 3.05) is 72.5 Å². The number of hydrogen-bond donors (Lipinski definition) is 4. The number of carbonyl (C=O) groups is 4. The Labute approximate surface area is 196 Å². The highest BCUT2D eigenvalue weighted by atomic mass is 16.5. The van der Waals surface area contributed by atoms with Gasteiger partial charge in [0.2, 0.25) is 17.7 Å². The van der Waals surface area contributed by atoms with Gasteiger partial charge in [-0.2, -0.15) is 0 Å². The maximum absolute atomic E-state index is 12.3. The quantitative estimate of drug-likeness (QED) is 0.136. The first-order chi connectivity index (χ1) is 15.8. The molecule has 188 valence electrons. The number of likely N-dealkylation sites (N-methyl/N-ethyl adjacent to an activating group) is 1. The highest BCUT2D eigenvalue weighted by molar-refractivity contribution is 5.81. The Bertz CT molecular complexity index is 653. The van der Waals surface area contributed by atoms with Crippen LogP contribution in [0.5, 0.6) is 0 Å². The van der Waals surface area contributed by atoms with Crippen LogP contribution in [0.2, 0.25) is 0 Å². The van der Waals surface area contributed by atoms with Crippen LogP contribution in [0.25, 0.3) is 0 Å². The first-order valence-corrected chi connectivity index (χ1v) is 12.0. The molecule has 0 saturated carbocycles. The fourth-order valence-corrected chi connectivity index (χ4v) is 4.15. The molecule has 2 aliphatic rings. The van der Waals surface area contributed by atoms with Gasteiger partial charge in [0.1, 0.15) is 0 Å². The average molecular weight is 482 g/mol. The summed E-state index contributed by atoms with van der Waals surface area (Å²) in [6.45, 7) is 7.42. The number of nitrogens with zero attached hydrogens (tertiary/aromatic N) is 3. The zero-order valence-corrected chi connectivity index (χ0v) is 19.8. The minimum atomic E-state index is -0.894. The van der Waals surface area contributed by atoms with E-state index in [4.69, 9.17) is 5.11 Å². The van der Waals surface area contributed by atoms with Crippen LogP contribution in [0, 0.1) is 0 Å². The third-order valence-electron chi connectivity index (χ3n) is 6.15. The van der Waals surface area contributed by atoms with Gasteiger partial charge < -0.3 is 26.0 Å². The molecule has 0 aromatic heterocycles. The lowest BCUT2D eigenvalue weighted by Crippen LogP contribution is -2.50. The minimum Gasteiger partial charge on any atom is -0.481 e. The summed E-state index contributed by atoms with van der Waals surface area (Å²) in [5.41, 5.74) is 0. The summed E-state index contributed by atoms with van der Waals surface area (Å²) in [4.78, 5) is 53.4. The highest BCUT2D eigenvalue weighted by Crippen LogP contribution is 2.18. The van der Waals surface area contributed by atoms with Gasteiger partial charge in [-0.15, -0.1) is 0 Å². The van der Waals surface area contributed by atoms with Gasteiger partial charge in [0.15, 0.2) is 0 Å². The van der Waals surface area contributed by atoms with E-state index < -0.39 is 5.97 Å². The number of carboxylic acid groups (broad SMARTS) is 1. The molecule has 2 saturated heterocycles. The molecule has 2 aliphatic heterocycles. The highest BCUT2D eigenvalue weighted by Gasteiger charge is 2.28. The molecular weight excluding hydrogens is 442 g/mol. The topological polar surface area (TPSA) is 134 Å². The van der Waals surface area contributed by atoms with Crippen molar-refractivity contribution in [1.82, 2.24) is 30.7 Å². The van der Waals surface area contributed by atoms with E-state index in [1.165, 1.54) is 0 Å². The number of aliphatic carboxylic acids is 1. The van der Waals surface area contributed by atoms with Gasteiger partial charge in [-0.3, -0.25) is 29.0 Å². The Hall–Kier alpha value is -2.24. The van der Waals surface area contributed by atoms with Crippen molar-refractivity contribution in [1.29, 1.82) is 0 Å². The zero-order chi connectivity index (χ0) is 24.1. The molecule has 0 aromatic carbocycles. The molecule has 2 rings (SSSR count). The van der Waals surface area contributed by atoms with Crippen molar-refractivity contribution in [3.05, 3.63) is 0 Å². The van der Waals surface area contributed by atoms with Gasteiger partial charge in [-0.25, -0.2) is 0 Å². The fourth-order valence-electron chi connectivity index (χ4n) is 4.15.